The molecule has 19 heavy (non-hydrogen) atoms. The van der Waals surface area contributed by atoms with Crippen molar-refractivity contribution < 1.29 is 18.1 Å². The minimum Gasteiger partial charge on any atom is -0.399 e. The maximum Gasteiger partial charge on any atom is 0.498 e. The van der Waals surface area contributed by atoms with Gasteiger partial charge in [0.2, 0.25) is 0 Å². The van der Waals surface area contributed by atoms with E-state index in [1.807, 2.05) is 27.7 Å². The molecule has 1 aliphatic heterocycles. The molecule has 0 aromatic carbocycles. The molecule has 7 heteroatoms. The van der Waals surface area contributed by atoms with E-state index in [1.54, 1.807) is 0 Å². The predicted molar refractivity (Wildman–Crippen MR) is 69.9 cm³/mol. The van der Waals surface area contributed by atoms with Gasteiger partial charge in [-0.25, -0.2) is 13.8 Å². The Hall–Kier alpha value is -0.715. The lowest BCUT2D eigenvalue weighted by atomic mass is 9.77. The minimum atomic E-state index is -2.66. The quantitative estimate of drug-likeness (QED) is 0.619. The molecule has 1 aromatic rings. The van der Waals surface area contributed by atoms with Crippen molar-refractivity contribution in [2.45, 2.75) is 45.3 Å². The number of hydrogen-bond acceptors (Lipinski definition) is 3. The van der Waals surface area contributed by atoms with Gasteiger partial charge in [0, 0.05) is 17.2 Å². The van der Waals surface area contributed by atoms with E-state index in [4.69, 9.17) is 20.9 Å². The van der Waals surface area contributed by atoms with Gasteiger partial charge in [0.05, 0.1) is 11.2 Å². The van der Waals surface area contributed by atoms with E-state index in [1.165, 1.54) is 12.3 Å². The van der Waals surface area contributed by atoms with Crippen LogP contribution in [-0.4, -0.2) is 23.3 Å². The Morgan fingerprint density at radius 3 is 2.21 bits per heavy atom. The second kappa shape index (κ2) is 4.68. The molecular weight excluding hydrogens is 274 g/mol. The third-order valence-electron chi connectivity index (χ3n) is 3.70. The Kier molecular flexibility index (Phi) is 3.62. The number of aromatic nitrogens is 1. The summed E-state index contributed by atoms with van der Waals surface area (Å²) < 4.78 is 37.6. The predicted octanol–water partition coefficient (Wildman–Crippen LogP) is 2.97. The fourth-order valence-corrected chi connectivity index (χ4v) is 2.10. The van der Waals surface area contributed by atoms with Crippen molar-refractivity contribution in [1.82, 2.24) is 4.98 Å². The van der Waals surface area contributed by atoms with Gasteiger partial charge in [0.25, 0.3) is 6.43 Å². The van der Waals surface area contributed by atoms with Crippen molar-refractivity contribution in [3.63, 3.8) is 0 Å². The molecule has 104 valence electrons. The second-order valence-corrected chi connectivity index (χ2v) is 5.85. The summed E-state index contributed by atoms with van der Waals surface area (Å²) in [6.45, 7) is 7.39. The average molecular weight is 290 g/mol. The highest BCUT2D eigenvalue weighted by molar-refractivity contribution is 6.66. The number of halogens is 3. The summed E-state index contributed by atoms with van der Waals surface area (Å²) >= 11 is 5.94. The smallest absolute Gasteiger partial charge is 0.399 e. The molecular formula is C12H15BClF2NO2. The molecule has 0 spiro atoms. The summed E-state index contributed by atoms with van der Waals surface area (Å²) in [4.78, 5) is 3.83. The molecule has 0 bridgehead atoms. The third-order valence-corrected chi connectivity index (χ3v) is 4.00. The highest BCUT2D eigenvalue weighted by atomic mass is 35.5. The summed E-state index contributed by atoms with van der Waals surface area (Å²) in [7, 11) is -0.935. The standard InChI is InChI=1S/C12H15BClF2NO2/c1-11(2)12(3,4)19-13(18-11)8-7(10(15)16)5-6-17-9(8)14/h5-6,10H,1-4H3. The van der Waals surface area contributed by atoms with Gasteiger partial charge in [0.15, 0.2) is 0 Å². The Bertz CT molecular complexity index is 481. The van der Waals surface area contributed by atoms with Crippen LogP contribution in [0.5, 0.6) is 0 Å². The van der Waals surface area contributed by atoms with E-state index in [2.05, 4.69) is 4.98 Å². The lowest BCUT2D eigenvalue weighted by Crippen LogP contribution is -2.41. The number of rotatable bonds is 2. The number of alkyl halides is 2. The lowest BCUT2D eigenvalue weighted by Gasteiger charge is -2.32. The summed E-state index contributed by atoms with van der Waals surface area (Å²) in [5, 5.41) is -0.0173. The van der Waals surface area contributed by atoms with Crippen LogP contribution in [0.4, 0.5) is 8.78 Å². The van der Waals surface area contributed by atoms with Gasteiger partial charge >= 0.3 is 7.12 Å². The Labute approximate surface area is 116 Å². The highest BCUT2D eigenvalue weighted by Gasteiger charge is 2.53. The molecule has 1 aromatic heterocycles. The summed E-state index contributed by atoms with van der Waals surface area (Å²) in [6.07, 6.45) is -1.41. The van der Waals surface area contributed by atoms with Crippen LogP contribution in [0.25, 0.3) is 0 Å². The van der Waals surface area contributed by atoms with Crippen molar-refractivity contribution in [3.8, 4) is 0 Å². The van der Waals surface area contributed by atoms with Gasteiger partial charge in [-0.3, -0.25) is 0 Å². The normalized spacial score (nSPS) is 21.2. The molecule has 0 unspecified atom stereocenters. The van der Waals surface area contributed by atoms with E-state index in [0.29, 0.717) is 0 Å². The van der Waals surface area contributed by atoms with E-state index >= 15 is 0 Å². The van der Waals surface area contributed by atoms with Crippen LogP contribution in [0, 0.1) is 0 Å². The molecule has 1 aliphatic rings. The van der Waals surface area contributed by atoms with Gasteiger partial charge < -0.3 is 9.31 Å². The van der Waals surface area contributed by atoms with Crippen LogP contribution in [-0.2, 0) is 9.31 Å². The maximum absolute atomic E-state index is 13.0. The maximum atomic E-state index is 13.0. The van der Waals surface area contributed by atoms with Crippen molar-refractivity contribution in [2.75, 3.05) is 0 Å². The summed E-state index contributed by atoms with van der Waals surface area (Å²) in [5.74, 6) is 0. The molecule has 0 N–H and O–H groups in total. The Balaban J connectivity index is 2.45. The van der Waals surface area contributed by atoms with E-state index in [-0.39, 0.29) is 16.2 Å². The zero-order valence-electron chi connectivity index (χ0n) is 11.2. The van der Waals surface area contributed by atoms with Crippen LogP contribution >= 0.6 is 11.6 Å². The minimum absolute atomic E-state index is 0.0173. The molecule has 3 nitrogen and oxygen atoms in total. The topological polar surface area (TPSA) is 31.4 Å². The van der Waals surface area contributed by atoms with Crippen LogP contribution < -0.4 is 5.46 Å². The first-order valence-electron chi connectivity index (χ1n) is 5.94. The van der Waals surface area contributed by atoms with E-state index in [0.717, 1.165) is 0 Å². The van der Waals surface area contributed by atoms with E-state index < -0.39 is 24.7 Å². The zero-order chi connectivity index (χ0) is 14.4. The number of pyridine rings is 1. The second-order valence-electron chi connectivity index (χ2n) is 5.49. The molecule has 0 amide bonds. The first-order chi connectivity index (χ1) is 8.66. The van der Waals surface area contributed by atoms with Crippen molar-refractivity contribution >= 4 is 24.2 Å². The molecule has 1 saturated heterocycles. The van der Waals surface area contributed by atoms with Gasteiger partial charge in [-0.2, -0.15) is 0 Å². The fourth-order valence-electron chi connectivity index (χ4n) is 1.85. The Morgan fingerprint density at radius 2 is 1.74 bits per heavy atom. The van der Waals surface area contributed by atoms with Crippen LogP contribution in [0.2, 0.25) is 5.15 Å². The number of hydrogen-bond donors (Lipinski definition) is 0. The molecule has 2 rings (SSSR count). The van der Waals surface area contributed by atoms with Crippen LogP contribution in [0.15, 0.2) is 12.3 Å². The van der Waals surface area contributed by atoms with Gasteiger partial charge in [-0.1, -0.05) is 11.6 Å². The molecule has 0 radical (unpaired) electrons. The molecule has 1 fully saturated rings. The molecule has 0 saturated carbocycles. The summed E-state index contributed by atoms with van der Waals surface area (Å²) in [6, 6.07) is 1.23. The monoisotopic (exact) mass is 289 g/mol. The average Bonchev–Trinajstić information content (AvgIpc) is 2.47. The molecule has 0 atom stereocenters. The van der Waals surface area contributed by atoms with Crippen molar-refractivity contribution in [2.24, 2.45) is 0 Å². The molecule has 2 heterocycles. The van der Waals surface area contributed by atoms with Gasteiger partial charge in [0.1, 0.15) is 5.15 Å². The van der Waals surface area contributed by atoms with Crippen molar-refractivity contribution in [1.29, 1.82) is 0 Å². The lowest BCUT2D eigenvalue weighted by molar-refractivity contribution is 0.00578. The summed E-state index contributed by atoms with van der Waals surface area (Å²) in [5.41, 5.74) is -1.33. The fraction of sp³-hybridized carbons (Fsp3) is 0.583. The van der Waals surface area contributed by atoms with E-state index in [9.17, 15) is 8.78 Å². The third kappa shape index (κ3) is 2.49. The van der Waals surface area contributed by atoms with Gasteiger partial charge in [-0.15, -0.1) is 0 Å². The van der Waals surface area contributed by atoms with Crippen LogP contribution in [0.3, 0.4) is 0 Å². The first kappa shape index (κ1) is 14.7. The number of nitrogens with zero attached hydrogens (tertiary/aromatic N) is 1. The largest absolute Gasteiger partial charge is 0.498 e. The Morgan fingerprint density at radius 1 is 1.21 bits per heavy atom. The SMILES string of the molecule is CC1(C)OB(c2c(C(F)F)ccnc2Cl)OC1(C)C. The zero-order valence-corrected chi connectivity index (χ0v) is 12.0. The van der Waals surface area contributed by atoms with Crippen molar-refractivity contribution in [3.05, 3.63) is 23.0 Å². The van der Waals surface area contributed by atoms with Gasteiger partial charge in [-0.05, 0) is 33.8 Å². The molecule has 0 aliphatic carbocycles. The highest BCUT2D eigenvalue weighted by Crippen LogP contribution is 2.37. The first-order valence-corrected chi connectivity index (χ1v) is 6.31. The van der Waals surface area contributed by atoms with Crippen LogP contribution in [0.1, 0.15) is 39.7 Å².